The molecule has 6 nitrogen and oxygen atoms in total. The first kappa shape index (κ1) is 13.4. The van der Waals surface area contributed by atoms with Gasteiger partial charge in [-0.25, -0.2) is 13.1 Å². The van der Waals surface area contributed by atoms with Crippen LogP contribution in [0.4, 0.5) is 0 Å². The number of piperidine rings is 1. The molecule has 2 saturated heterocycles. The number of rotatable bonds is 3. The monoisotopic (exact) mass is 304 g/mol. The molecule has 1 aromatic rings. The van der Waals surface area contributed by atoms with Gasteiger partial charge in [0.15, 0.2) is 5.03 Å². The summed E-state index contributed by atoms with van der Waals surface area (Å²) in [6.45, 7) is 0. The minimum atomic E-state index is -3.61. The van der Waals surface area contributed by atoms with Crippen LogP contribution in [0.25, 0.3) is 0 Å². The van der Waals surface area contributed by atoms with E-state index in [0.717, 1.165) is 25.7 Å². The van der Waals surface area contributed by atoms with Crippen molar-refractivity contribution >= 4 is 21.6 Å². The van der Waals surface area contributed by atoms with Crippen molar-refractivity contribution < 1.29 is 8.42 Å². The molecule has 0 aliphatic carbocycles. The number of aromatic nitrogens is 2. The third kappa shape index (κ3) is 2.52. The van der Waals surface area contributed by atoms with Crippen molar-refractivity contribution in [1.29, 1.82) is 0 Å². The molecule has 19 heavy (non-hydrogen) atoms. The van der Waals surface area contributed by atoms with Gasteiger partial charge in [-0.3, -0.25) is 4.68 Å². The third-order valence-electron chi connectivity index (χ3n) is 3.89. The second-order valence-electron chi connectivity index (χ2n) is 5.35. The standard InChI is InChI=1S/C11H17ClN4O2S/c1-16-11(10(12)6-13-16)19(17,18)15-9-4-7-2-3-8(5-9)14-7/h6-9,14-15H,2-5H2,1H3. The van der Waals surface area contributed by atoms with E-state index >= 15 is 0 Å². The zero-order chi connectivity index (χ0) is 13.6. The molecule has 0 saturated carbocycles. The Labute approximate surface area is 117 Å². The molecule has 2 bridgehead atoms. The van der Waals surface area contributed by atoms with Gasteiger partial charge in [0.25, 0.3) is 10.0 Å². The minimum absolute atomic E-state index is 0.0188. The maximum Gasteiger partial charge on any atom is 0.259 e. The summed E-state index contributed by atoms with van der Waals surface area (Å²) in [6, 6.07) is 0.858. The van der Waals surface area contributed by atoms with Gasteiger partial charge in [-0.2, -0.15) is 5.10 Å². The van der Waals surface area contributed by atoms with E-state index in [1.165, 1.54) is 10.9 Å². The highest BCUT2D eigenvalue weighted by Crippen LogP contribution is 2.28. The first-order valence-corrected chi connectivity index (χ1v) is 8.27. The van der Waals surface area contributed by atoms with Gasteiger partial charge < -0.3 is 5.32 Å². The van der Waals surface area contributed by atoms with Gasteiger partial charge >= 0.3 is 0 Å². The van der Waals surface area contributed by atoms with Crippen molar-refractivity contribution in [2.24, 2.45) is 7.05 Å². The fourth-order valence-electron chi connectivity index (χ4n) is 3.13. The second-order valence-corrected chi connectivity index (χ2v) is 7.39. The first-order valence-electron chi connectivity index (χ1n) is 6.41. The van der Waals surface area contributed by atoms with Crippen LogP contribution < -0.4 is 10.0 Å². The van der Waals surface area contributed by atoms with E-state index in [-0.39, 0.29) is 16.1 Å². The topological polar surface area (TPSA) is 76.0 Å². The van der Waals surface area contributed by atoms with Gasteiger partial charge in [0.1, 0.15) is 0 Å². The average molecular weight is 305 g/mol. The SMILES string of the molecule is Cn1ncc(Cl)c1S(=O)(=O)NC1CC2CCC(C1)N2. The Balaban J connectivity index is 1.79. The van der Waals surface area contributed by atoms with E-state index < -0.39 is 10.0 Å². The molecule has 2 atom stereocenters. The van der Waals surface area contributed by atoms with Crippen molar-refractivity contribution in [3.05, 3.63) is 11.2 Å². The summed E-state index contributed by atoms with van der Waals surface area (Å²) in [5, 5.41) is 7.56. The lowest BCUT2D eigenvalue weighted by Crippen LogP contribution is -2.48. The summed E-state index contributed by atoms with van der Waals surface area (Å²) in [6.07, 6.45) is 5.30. The number of sulfonamides is 1. The summed E-state index contributed by atoms with van der Waals surface area (Å²) in [7, 11) is -2.03. The molecule has 2 aliphatic heterocycles. The molecule has 0 spiro atoms. The zero-order valence-corrected chi connectivity index (χ0v) is 12.2. The molecule has 3 heterocycles. The average Bonchev–Trinajstić information content (AvgIpc) is 2.82. The van der Waals surface area contributed by atoms with Gasteiger partial charge in [0.05, 0.1) is 11.2 Å². The Morgan fingerprint density at radius 3 is 2.58 bits per heavy atom. The van der Waals surface area contributed by atoms with Crippen LogP contribution >= 0.6 is 11.6 Å². The Hall–Kier alpha value is -0.630. The van der Waals surface area contributed by atoms with Crippen LogP contribution in [0, 0.1) is 0 Å². The normalized spacial score (nSPS) is 30.7. The lowest BCUT2D eigenvalue weighted by molar-refractivity contribution is 0.344. The van der Waals surface area contributed by atoms with E-state index in [1.807, 2.05) is 0 Å². The van der Waals surface area contributed by atoms with Crippen molar-refractivity contribution in [3.8, 4) is 0 Å². The summed E-state index contributed by atoms with van der Waals surface area (Å²) >= 11 is 5.90. The number of nitrogens with zero attached hydrogens (tertiary/aromatic N) is 2. The highest BCUT2D eigenvalue weighted by atomic mass is 35.5. The highest BCUT2D eigenvalue weighted by Gasteiger charge is 2.36. The Morgan fingerprint density at radius 2 is 2.05 bits per heavy atom. The third-order valence-corrected chi connectivity index (χ3v) is 5.92. The van der Waals surface area contributed by atoms with Crippen LogP contribution in [-0.4, -0.2) is 36.3 Å². The largest absolute Gasteiger partial charge is 0.311 e. The van der Waals surface area contributed by atoms with Crippen LogP contribution in [0.3, 0.4) is 0 Å². The molecule has 2 aliphatic rings. The molecule has 0 amide bonds. The van der Waals surface area contributed by atoms with Crippen molar-refractivity contribution in [1.82, 2.24) is 19.8 Å². The molecule has 106 valence electrons. The van der Waals surface area contributed by atoms with E-state index in [4.69, 9.17) is 11.6 Å². The Morgan fingerprint density at radius 1 is 1.42 bits per heavy atom. The van der Waals surface area contributed by atoms with E-state index in [0.29, 0.717) is 12.1 Å². The summed E-state index contributed by atoms with van der Waals surface area (Å²) in [5.41, 5.74) is 0. The number of fused-ring (bicyclic) bond motifs is 2. The smallest absolute Gasteiger partial charge is 0.259 e. The van der Waals surface area contributed by atoms with Gasteiger partial charge in [-0.1, -0.05) is 11.6 Å². The van der Waals surface area contributed by atoms with E-state index in [1.54, 1.807) is 7.05 Å². The molecular weight excluding hydrogens is 288 g/mol. The van der Waals surface area contributed by atoms with Gasteiger partial charge in [0, 0.05) is 25.2 Å². The van der Waals surface area contributed by atoms with Gasteiger partial charge in [-0.15, -0.1) is 0 Å². The predicted octanol–water partition coefficient (Wildman–Crippen LogP) is 0.635. The molecule has 2 N–H and O–H groups in total. The number of halogens is 1. The lowest BCUT2D eigenvalue weighted by atomic mass is 10.0. The molecule has 2 fully saturated rings. The summed E-state index contributed by atoms with van der Waals surface area (Å²) < 4.78 is 28.8. The zero-order valence-electron chi connectivity index (χ0n) is 10.6. The molecule has 3 rings (SSSR count). The van der Waals surface area contributed by atoms with Gasteiger partial charge in [0.2, 0.25) is 0 Å². The number of aryl methyl sites for hydroxylation is 1. The highest BCUT2D eigenvalue weighted by molar-refractivity contribution is 7.89. The van der Waals surface area contributed by atoms with Crippen LogP contribution in [0.1, 0.15) is 25.7 Å². The Bertz CT molecular complexity index is 554. The lowest BCUT2D eigenvalue weighted by Gasteiger charge is -2.29. The predicted molar refractivity (Wildman–Crippen MR) is 71.5 cm³/mol. The van der Waals surface area contributed by atoms with Crippen LogP contribution in [0.15, 0.2) is 11.2 Å². The Kier molecular flexibility index (Phi) is 3.33. The number of hydrogen-bond acceptors (Lipinski definition) is 4. The fourth-order valence-corrected chi connectivity index (χ4v) is 5.05. The van der Waals surface area contributed by atoms with E-state index in [2.05, 4.69) is 15.1 Å². The molecule has 0 radical (unpaired) electrons. The molecular formula is C11H17ClN4O2S. The maximum absolute atomic E-state index is 12.4. The van der Waals surface area contributed by atoms with Crippen LogP contribution in [0.5, 0.6) is 0 Å². The van der Waals surface area contributed by atoms with Crippen LogP contribution in [-0.2, 0) is 17.1 Å². The summed E-state index contributed by atoms with van der Waals surface area (Å²) in [4.78, 5) is 0. The van der Waals surface area contributed by atoms with Crippen LogP contribution in [0.2, 0.25) is 5.02 Å². The fraction of sp³-hybridized carbons (Fsp3) is 0.727. The molecule has 2 unspecified atom stereocenters. The van der Waals surface area contributed by atoms with Gasteiger partial charge in [-0.05, 0) is 25.7 Å². The molecule has 8 heteroatoms. The quantitative estimate of drug-likeness (QED) is 0.859. The van der Waals surface area contributed by atoms with E-state index in [9.17, 15) is 8.42 Å². The second kappa shape index (κ2) is 4.73. The van der Waals surface area contributed by atoms with Crippen molar-refractivity contribution in [3.63, 3.8) is 0 Å². The van der Waals surface area contributed by atoms with Crippen molar-refractivity contribution in [2.75, 3.05) is 0 Å². The number of nitrogens with one attached hydrogen (secondary N) is 2. The summed E-state index contributed by atoms with van der Waals surface area (Å²) in [5.74, 6) is 0. The maximum atomic E-state index is 12.4. The minimum Gasteiger partial charge on any atom is -0.311 e. The molecule has 0 aromatic carbocycles. The number of hydrogen-bond donors (Lipinski definition) is 2. The molecule has 1 aromatic heterocycles. The van der Waals surface area contributed by atoms with Crippen molar-refractivity contribution in [2.45, 2.75) is 48.8 Å². The first-order chi connectivity index (χ1) is 8.95.